The Kier molecular flexibility index (Phi) is 9.55. The smallest absolute Gasteiger partial charge is 0.351 e. The van der Waals surface area contributed by atoms with Gasteiger partial charge in [-0.05, 0) is 62.7 Å². The minimum Gasteiger partial charge on any atom is -0.505 e. The van der Waals surface area contributed by atoms with Crippen LogP contribution in [0.25, 0.3) is 10.8 Å². The molecule has 2 atom stereocenters. The predicted octanol–water partition coefficient (Wildman–Crippen LogP) is 3.94. The second kappa shape index (κ2) is 13.2. The lowest BCUT2D eigenvalue weighted by atomic mass is 10.1. The maximum Gasteiger partial charge on any atom is 0.351 e. The number of azo groups is 1. The van der Waals surface area contributed by atoms with E-state index in [9.17, 15) is 56.3 Å². The van der Waals surface area contributed by atoms with Crippen LogP contribution in [0, 0.1) is 0 Å². The number of nitrogens with one attached hydrogen (secondary N) is 2. The fraction of sp³-hybridized carbons (Fsp3) is 0.250. The van der Waals surface area contributed by atoms with E-state index >= 15 is 0 Å². The van der Waals surface area contributed by atoms with Crippen LogP contribution >= 0.6 is 10.9 Å². The molecule has 0 saturated carbocycles. The monoisotopic (exact) mass is 734 g/mol. The Balaban J connectivity index is 1.71. The summed E-state index contributed by atoms with van der Waals surface area (Å²) in [6, 6.07) is 5.20. The highest BCUT2D eigenvalue weighted by Gasteiger charge is 2.30. The highest BCUT2D eigenvalue weighted by molar-refractivity contribution is 8.19. The highest BCUT2D eigenvalue weighted by Crippen LogP contribution is 2.55. The van der Waals surface area contributed by atoms with Crippen molar-refractivity contribution in [2.24, 2.45) is 10.2 Å². The third-order valence-corrected chi connectivity index (χ3v) is 9.57. The molecule has 50 heavy (non-hydrogen) atoms. The van der Waals surface area contributed by atoms with Crippen molar-refractivity contribution in [3.63, 3.8) is 0 Å². The zero-order valence-electron chi connectivity index (χ0n) is 26.2. The van der Waals surface area contributed by atoms with E-state index < -0.39 is 71.0 Å². The van der Waals surface area contributed by atoms with Gasteiger partial charge < -0.3 is 39.2 Å². The first-order valence-electron chi connectivity index (χ1n) is 14.3. The van der Waals surface area contributed by atoms with Crippen molar-refractivity contribution in [1.82, 2.24) is 19.9 Å². The van der Waals surface area contributed by atoms with Crippen LogP contribution in [-0.4, -0.2) is 106 Å². The van der Waals surface area contributed by atoms with E-state index in [1.165, 1.54) is 0 Å². The molecule has 5 rings (SSSR count). The van der Waals surface area contributed by atoms with Gasteiger partial charge in [0.25, 0.3) is 10.1 Å². The minimum absolute atomic E-state index is 0.0264. The molecular weight excluding hydrogens is 704 g/mol. The van der Waals surface area contributed by atoms with Crippen LogP contribution in [0.3, 0.4) is 0 Å². The number of aromatic amines is 1. The Morgan fingerprint density at radius 3 is 2.14 bits per heavy atom. The van der Waals surface area contributed by atoms with Gasteiger partial charge in [-0.2, -0.15) is 23.5 Å². The summed E-state index contributed by atoms with van der Waals surface area (Å²) >= 11 is 0. The molecule has 266 valence electrons. The Labute approximate surface area is 283 Å². The normalized spacial score (nSPS) is 17.7. The average Bonchev–Trinajstić information content (AvgIpc) is 3.00. The summed E-state index contributed by atoms with van der Waals surface area (Å²) in [4.78, 5) is 48.7. The number of phenols is 1. The fourth-order valence-corrected chi connectivity index (χ4v) is 6.53. The first kappa shape index (κ1) is 36.1. The number of benzene rings is 3. The fourth-order valence-electron chi connectivity index (χ4n) is 5.30. The second-order valence-corrected chi connectivity index (χ2v) is 14.3. The summed E-state index contributed by atoms with van der Waals surface area (Å²) in [5.74, 6) is -4.21. The SMILES string of the molecule is CC1CN(c2nc(Nc3cc(S(=O)(=O)O)cc4cc(S(O)(O)O)c(N=Nc5cc(C(=O)O)cc(C(=O)O)c5)c(O)c34)[nH]c(=O)n2)C(C)CN1C. The molecule has 3 aromatic carbocycles. The van der Waals surface area contributed by atoms with E-state index in [4.69, 9.17) is 0 Å². The topological polar surface area (TPSA) is 312 Å². The van der Waals surface area contributed by atoms with Crippen molar-refractivity contribution < 1.29 is 51.5 Å². The van der Waals surface area contributed by atoms with Crippen molar-refractivity contribution in [3.8, 4) is 5.75 Å². The van der Waals surface area contributed by atoms with Crippen molar-refractivity contribution in [3.05, 3.63) is 58.0 Å². The molecule has 22 heteroatoms. The lowest BCUT2D eigenvalue weighted by Crippen LogP contribution is -2.55. The Bertz CT molecular complexity index is 2210. The van der Waals surface area contributed by atoms with E-state index in [1.54, 1.807) is 4.90 Å². The van der Waals surface area contributed by atoms with Crippen LogP contribution in [0.1, 0.15) is 34.6 Å². The number of likely N-dealkylation sites (N-methyl/N-ethyl adjacent to an activating group) is 1. The van der Waals surface area contributed by atoms with Crippen molar-refractivity contribution in [1.29, 1.82) is 0 Å². The summed E-state index contributed by atoms with van der Waals surface area (Å²) in [5.41, 5.74) is -3.32. The number of carbonyl (C=O) groups is 2. The molecule has 9 N–H and O–H groups in total. The number of phenolic OH excluding ortho intramolecular Hbond substituents is 1. The molecule has 1 fully saturated rings. The van der Waals surface area contributed by atoms with Crippen molar-refractivity contribution >= 4 is 72.7 Å². The number of aromatic carboxylic acids is 2. The number of piperazine rings is 1. The number of carboxylic acids is 2. The van der Waals surface area contributed by atoms with Gasteiger partial charge in [-0.1, -0.05) is 0 Å². The first-order chi connectivity index (χ1) is 23.2. The van der Waals surface area contributed by atoms with Gasteiger partial charge in [-0.15, -0.1) is 5.11 Å². The molecule has 0 spiro atoms. The molecule has 0 amide bonds. The van der Waals surface area contributed by atoms with E-state index in [1.807, 2.05) is 20.9 Å². The van der Waals surface area contributed by atoms with Gasteiger partial charge in [-0.3, -0.25) is 14.4 Å². The Morgan fingerprint density at radius 2 is 1.56 bits per heavy atom. The molecule has 0 aliphatic carbocycles. The lowest BCUT2D eigenvalue weighted by molar-refractivity contribution is 0.0696. The Hall–Kier alpha value is -5.23. The maximum atomic E-state index is 12.7. The lowest BCUT2D eigenvalue weighted by Gasteiger charge is -2.42. The molecule has 20 nitrogen and oxygen atoms in total. The molecule has 4 aromatic rings. The van der Waals surface area contributed by atoms with Crippen LogP contribution in [0.5, 0.6) is 5.75 Å². The number of hydrogen-bond donors (Lipinski definition) is 9. The van der Waals surface area contributed by atoms with Gasteiger partial charge in [0, 0.05) is 30.6 Å². The summed E-state index contributed by atoms with van der Waals surface area (Å²) in [7, 11) is -7.78. The van der Waals surface area contributed by atoms with Gasteiger partial charge in [0.05, 0.1) is 32.3 Å². The summed E-state index contributed by atoms with van der Waals surface area (Å²) in [5, 5.41) is 39.8. The number of aromatic hydroxyl groups is 1. The van der Waals surface area contributed by atoms with E-state index in [-0.39, 0.29) is 46.1 Å². The van der Waals surface area contributed by atoms with Gasteiger partial charge in [0.2, 0.25) is 11.9 Å². The number of H-pyrrole nitrogens is 1. The molecule has 0 radical (unpaired) electrons. The quantitative estimate of drug-likeness (QED) is 0.0868. The Morgan fingerprint density at radius 1 is 0.920 bits per heavy atom. The average molecular weight is 735 g/mol. The zero-order chi connectivity index (χ0) is 36.9. The van der Waals surface area contributed by atoms with Crippen LogP contribution in [0.15, 0.2) is 61.2 Å². The largest absolute Gasteiger partial charge is 0.505 e. The summed E-state index contributed by atoms with van der Waals surface area (Å²) in [6.45, 7) is 4.95. The minimum atomic E-state index is -4.96. The molecule has 0 bridgehead atoms. The van der Waals surface area contributed by atoms with Gasteiger partial charge in [0.1, 0.15) is 16.6 Å². The molecule has 1 saturated heterocycles. The number of aromatic nitrogens is 3. The standard InChI is InChI=1S/C28H30N8O12S2/c1-12-11-36(13(2)10-35(12)3)27-30-26(31-28(42)32-27)29-19-9-18(49(43,44)45)7-14-8-20(50(46,47)48)22(23(37)21(14)19)34-33-17-5-15(24(38)39)4-16(6-17)25(40)41/h4-9,12-13,37,46-48H,10-11H2,1-3H3,(H,38,39)(H,40,41)(H,43,44,45)(H2,29,30,31,32,42). The molecule has 1 aliphatic rings. The van der Waals surface area contributed by atoms with Gasteiger partial charge in [-0.25, -0.2) is 14.4 Å². The van der Waals surface area contributed by atoms with E-state index in [0.29, 0.717) is 13.1 Å². The predicted molar refractivity (Wildman–Crippen MR) is 179 cm³/mol. The van der Waals surface area contributed by atoms with Crippen LogP contribution in [-0.2, 0) is 10.1 Å². The number of anilines is 3. The summed E-state index contributed by atoms with van der Waals surface area (Å²) in [6.07, 6.45) is 0. The van der Waals surface area contributed by atoms with Crippen molar-refractivity contribution in [2.75, 3.05) is 30.4 Å². The van der Waals surface area contributed by atoms with Crippen LogP contribution in [0.4, 0.5) is 29.0 Å². The molecule has 2 heterocycles. The molecular formula is C28H30N8O12S2. The third-order valence-electron chi connectivity index (χ3n) is 7.84. The van der Waals surface area contributed by atoms with Crippen LogP contribution < -0.4 is 15.9 Å². The van der Waals surface area contributed by atoms with E-state index in [0.717, 1.165) is 36.4 Å². The van der Waals surface area contributed by atoms with Crippen LogP contribution in [0.2, 0.25) is 0 Å². The maximum absolute atomic E-state index is 12.7. The number of fused-ring (bicyclic) bond motifs is 1. The number of carboxylic acid groups (broad SMARTS) is 2. The number of nitrogens with zero attached hydrogens (tertiary/aromatic N) is 6. The van der Waals surface area contributed by atoms with Gasteiger partial charge in [0.15, 0.2) is 5.75 Å². The van der Waals surface area contributed by atoms with Gasteiger partial charge >= 0.3 is 17.6 Å². The zero-order valence-corrected chi connectivity index (χ0v) is 27.8. The van der Waals surface area contributed by atoms with Crippen molar-refractivity contribution in [2.45, 2.75) is 35.7 Å². The number of hydrogen-bond acceptors (Lipinski definition) is 16. The van der Waals surface area contributed by atoms with E-state index in [2.05, 4.69) is 35.4 Å². The second-order valence-electron chi connectivity index (χ2n) is 11.4. The third kappa shape index (κ3) is 7.50. The molecule has 2 unspecified atom stereocenters. The molecule has 1 aliphatic heterocycles. The number of rotatable bonds is 9. The highest BCUT2D eigenvalue weighted by atomic mass is 32.3. The summed E-state index contributed by atoms with van der Waals surface area (Å²) < 4.78 is 65.1. The first-order valence-corrected chi connectivity index (χ1v) is 17.2. The molecule has 1 aromatic heterocycles.